The van der Waals surface area contributed by atoms with Gasteiger partial charge in [0.05, 0.1) is 5.75 Å². The first kappa shape index (κ1) is 16.7. The molecule has 0 spiro atoms. The maximum atomic E-state index is 13.4. The molecule has 0 aromatic heterocycles. The van der Waals surface area contributed by atoms with E-state index in [1.54, 1.807) is 6.07 Å². The van der Waals surface area contributed by atoms with Gasteiger partial charge in [-0.15, -0.1) is 0 Å². The van der Waals surface area contributed by atoms with Gasteiger partial charge in [-0.25, -0.2) is 17.6 Å². The summed E-state index contributed by atoms with van der Waals surface area (Å²) in [4.78, 5) is 10.4. The van der Waals surface area contributed by atoms with Crippen LogP contribution in [0.2, 0.25) is 0 Å². The first-order chi connectivity index (χ1) is 9.26. The maximum absolute atomic E-state index is 13.4. The van der Waals surface area contributed by atoms with Gasteiger partial charge >= 0.3 is 5.97 Å². The summed E-state index contributed by atoms with van der Waals surface area (Å²) in [6, 6.07) is 4.27. The molecule has 0 radical (unpaired) electrons. The highest BCUT2D eigenvalue weighted by atomic mass is 32.2. The SMILES string of the molecule is CS(=O)(=O)CCSCc1cc(F)cc(C=CC(=O)O)c1. The van der Waals surface area contributed by atoms with E-state index in [2.05, 4.69) is 0 Å². The normalized spacial score (nSPS) is 11.9. The molecule has 0 bridgehead atoms. The Hall–Kier alpha value is -1.34. The molecular weight excluding hydrogens is 303 g/mol. The van der Waals surface area contributed by atoms with Gasteiger partial charge in [0, 0.05) is 23.8 Å². The van der Waals surface area contributed by atoms with Crippen molar-refractivity contribution in [2.75, 3.05) is 17.8 Å². The Balaban J connectivity index is 2.64. The van der Waals surface area contributed by atoms with Crippen LogP contribution in [0, 0.1) is 5.82 Å². The zero-order valence-corrected chi connectivity index (χ0v) is 12.5. The lowest BCUT2D eigenvalue weighted by molar-refractivity contribution is -0.131. The number of benzene rings is 1. The molecule has 1 rings (SSSR count). The summed E-state index contributed by atoms with van der Waals surface area (Å²) < 4.78 is 35.3. The smallest absolute Gasteiger partial charge is 0.328 e. The third-order valence-electron chi connectivity index (χ3n) is 2.27. The molecule has 0 aliphatic heterocycles. The summed E-state index contributed by atoms with van der Waals surface area (Å²) in [5, 5.41) is 8.52. The molecule has 1 N–H and O–H groups in total. The van der Waals surface area contributed by atoms with Crippen molar-refractivity contribution in [3.63, 3.8) is 0 Å². The monoisotopic (exact) mass is 318 g/mol. The predicted octanol–water partition coefficient (Wildman–Crippen LogP) is 2.20. The second-order valence-corrected chi connectivity index (χ2v) is 7.61. The molecular formula is C13H15FO4S2. The molecule has 0 fully saturated rings. The van der Waals surface area contributed by atoms with Crippen LogP contribution in [0.4, 0.5) is 4.39 Å². The van der Waals surface area contributed by atoms with Gasteiger partial charge in [-0.2, -0.15) is 11.8 Å². The number of hydrogen-bond donors (Lipinski definition) is 1. The van der Waals surface area contributed by atoms with E-state index < -0.39 is 21.6 Å². The van der Waals surface area contributed by atoms with Crippen LogP contribution in [-0.2, 0) is 20.4 Å². The van der Waals surface area contributed by atoms with E-state index in [-0.39, 0.29) is 5.75 Å². The fourth-order valence-electron chi connectivity index (χ4n) is 1.42. The molecule has 0 atom stereocenters. The summed E-state index contributed by atoms with van der Waals surface area (Å²) >= 11 is 1.39. The third-order valence-corrected chi connectivity index (χ3v) is 4.50. The predicted molar refractivity (Wildman–Crippen MR) is 78.9 cm³/mol. The van der Waals surface area contributed by atoms with Crippen molar-refractivity contribution < 1.29 is 22.7 Å². The van der Waals surface area contributed by atoms with Crippen molar-refractivity contribution in [2.24, 2.45) is 0 Å². The summed E-state index contributed by atoms with van der Waals surface area (Å²) in [6.45, 7) is 0. The fraction of sp³-hybridized carbons (Fsp3) is 0.308. The molecule has 0 amide bonds. The molecule has 0 saturated carbocycles. The van der Waals surface area contributed by atoms with Crippen LogP contribution in [0.5, 0.6) is 0 Å². The largest absolute Gasteiger partial charge is 0.478 e. The summed E-state index contributed by atoms with van der Waals surface area (Å²) in [6.07, 6.45) is 3.43. The molecule has 0 unspecified atom stereocenters. The van der Waals surface area contributed by atoms with Crippen LogP contribution in [0.25, 0.3) is 6.08 Å². The zero-order chi connectivity index (χ0) is 15.2. The molecule has 1 aromatic rings. The van der Waals surface area contributed by atoms with E-state index in [0.29, 0.717) is 22.6 Å². The molecule has 0 saturated heterocycles. The van der Waals surface area contributed by atoms with Gasteiger partial charge in [0.2, 0.25) is 0 Å². The van der Waals surface area contributed by atoms with Crippen LogP contribution in [-0.4, -0.2) is 37.3 Å². The van der Waals surface area contributed by atoms with Crippen LogP contribution in [0.15, 0.2) is 24.3 Å². The molecule has 1 aromatic carbocycles. The molecule has 0 aliphatic carbocycles. The first-order valence-corrected chi connectivity index (χ1v) is 8.94. The van der Waals surface area contributed by atoms with Crippen LogP contribution >= 0.6 is 11.8 Å². The van der Waals surface area contributed by atoms with Gasteiger partial charge in [-0.3, -0.25) is 0 Å². The van der Waals surface area contributed by atoms with E-state index in [1.807, 2.05) is 0 Å². The van der Waals surface area contributed by atoms with Gasteiger partial charge in [0.1, 0.15) is 15.7 Å². The standard InChI is InChI=1S/C13H15FO4S2/c1-20(17,18)5-4-19-9-11-6-10(2-3-13(15)16)7-12(14)8-11/h2-3,6-8H,4-5,9H2,1H3,(H,15,16). The van der Waals surface area contributed by atoms with Crippen molar-refractivity contribution in [3.05, 3.63) is 41.2 Å². The average molecular weight is 318 g/mol. The molecule has 110 valence electrons. The first-order valence-electron chi connectivity index (χ1n) is 5.72. The van der Waals surface area contributed by atoms with Crippen LogP contribution in [0.3, 0.4) is 0 Å². The van der Waals surface area contributed by atoms with E-state index in [9.17, 15) is 17.6 Å². The maximum Gasteiger partial charge on any atom is 0.328 e. The molecule has 0 aliphatic rings. The van der Waals surface area contributed by atoms with E-state index >= 15 is 0 Å². The Morgan fingerprint density at radius 1 is 1.40 bits per heavy atom. The molecule has 7 heteroatoms. The molecule has 20 heavy (non-hydrogen) atoms. The number of sulfone groups is 1. The second-order valence-electron chi connectivity index (χ2n) is 4.25. The summed E-state index contributed by atoms with van der Waals surface area (Å²) in [5.74, 6) is -0.551. The van der Waals surface area contributed by atoms with Gasteiger partial charge in [0.25, 0.3) is 0 Å². The number of halogens is 1. The van der Waals surface area contributed by atoms with Crippen molar-refractivity contribution in [3.8, 4) is 0 Å². The Morgan fingerprint density at radius 2 is 2.10 bits per heavy atom. The van der Waals surface area contributed by atoms with Gasteiger partial charge < -0.3 is 5.11 Å². The summed E-state index contributed by atoms with van der Waals surface area (Å²) in [5.41, 5.74) is 1.15. The van der Waals surface area contributed by atoms with Crippen molar-refractivity contribution in [1.29, 1.82) is 0 Å². The number of thioether (sulfide) groups is 1. The minimum Gasteiger partial charge on any atom is -0.478 e. The number of rotatable bonds is 7. The Kier molecular flexibility index (Phi) is 6.22. The van der Waals surface area contributed by atoms with E-state index in [1.165, 1.54) is 36.2 Å². The Morgan fingerprint density at radius 3 is 2.70 bits per heavy atom. The van der Waals surface area contributed by atoms with Gasteiger partial charge in [-0.1, -0.05) is 6.07 Å². The second kappa shape index (κ2) is 7.44. The van der Waals surface area contributed by atoms with E-state index in [4.69, 9.17) is 5.11 Å². The quantitative estimate of drug-likeness (QED) is 0.616. The Labute approximate surface area is 121 Å². The van der Waals surface area contributed by atoms with Crippen molar-refractivity contribution >= 4 is 33.6 Å². The topological polar surface area (TPSA) is 71.4 Å². The van der Waals surface area contributed by atoms with Crippen molar-refractivity contribution in [2.45, 2.75) is 5.75 Å². The Bertz CT molecular complexity index is 609. The lowest BCUT2D eigenvalue weighted by atomic mass is 10.1. The lowest BCUT2D eigenvalue weighted by Gasteiger charge is -2.04. The average Bonchev–Trinajstić information content (AvgIpc) is 2.30. The van der Waals surface area contributed by atoms with E-state index in [0.717, 1.165) is 6.08 Å². The minimum absolute atomic E-state index is 0.0821. The number of carboxylic acids is 1. The highest BCUT2D eigenvalue weighted by Crippen LogP contribution is 2.17. The van der Waals surface area contributed by atoms with Crippen LogP contribution < -0.4 is 0 Å². The van der Waals surface area contributed by atoms with Crippen LogP contribution in [0.1, 0.15) is 11.1 Å². The fourth-order valence-corrected chi connectivity index (χ4v) is 3.65. The lowest BCUT2D eigenvalue weighted by Crippen LogP contribution is -2.05. The molecule has 4 nitrogen and oxygen atoms in total. The third kappa shape index (κ3) is 7.30. The number of hydrogen-bond acceptors (Lipinski definition) is 4. The number of aliphatic carboxylic acids is 1. The van der Waals surface area contributed by atoms with Gasteiger partial charge in [-0.05, 0) is 29.3 Å². The van der Waals surface area contributed by atoms with Crippen molar-refractivity contribution in [1.82, 2.24) is 0 Å². The number of carbonyl (C=O) groups is 1. The number of carboxylic acid groups (broad SMARTS) is 1. The highest BCUT2D eigenvalue weighted by molar-refractivity contribution is 7.99. The zero-order valence-electron chi connectivity index (χ0n) is 10.9. The highest BCUT2D eigenvalue weighted by Gasteiger charge is 2.04. The minimum atomic E-state index is -2.98. The van der Waals surface area contributed by atoms with Gasteiger partial charge in [0.15, 0.2) is 0 Å². The molecule has 0 heterocycles. The summed E-state index contributed by atoms with van der Waals surface area (Å²) in [7, 11) is -2.98.